The second-order valence-corrected chi connectivity index (χ2v) is 5.65. The average Bonchev–Trinajstić information content (AvgIpc) is 1.99. The Morgan fingerprint density at radius 1 is 1.57 bits per heavy atom. The molecule has 0 aliphatic carbocycles. The van der Waals surface area contributed by atoms with E-state index in [0.717, 1.165) is 18.0 Å². The number of thiol groups is 1. The van der Waals surface area contributed by atoms with Crippen LogP contribution in [0, 0.1) is 22.7 Å². The second kappa shape index (κ2) is 8.19. The van der Waals surface area contributed by atoms with E-state index in [2.05, 4.69) is 12.6 Å². The van der Waals surface area contributed by atoms with E-state index in [-0.39, 0.29) is 62.8 Å². The van der Waals surface area contributed by atoms with Crippen LogP contribution in [-0.4, -0.2) is 20.4 Å². The van der Waals surface area contributed by atoms with Gasteiger partial charge in [-0.3, -0.25) is 0 Å². The summed E-state index contributed by atoms with van der Waals surface area (Å²) in [4.78, 5) is -0.393. The molecular weight excluding hydrogens is 267 g/mol. The molecule has 4 nitrogen and oxygen atoms in total. The Kier molecular flexibility index (Phi) is 10.2. The third-order valence-electron chi connectivity index (χ3n) is 0.940. The molecule has 14 heavy (non-hydrogen) atoms. The Morgan fingerprint density at radius 2 is 2.07 bits per heavy atom. The predicted octanol–water partition coefficient (Wildman–Crippen LogP) is -1.97. The molecule has 0 aliphatic heterocycles. The molecule has 0 saturated heterocycles. The van der Waals surface area contributed by atoms with E-state index < -0.39 is 14.7 Å². The number of nitrogens with zero attached hydrogens (tertiary/aromatic N) is 2. The molecule has 0 aromatic carbocycles. The van der Waals surface area contributed by atoms with Gasteiger partial charge in [-0.1, -0.05) is 0 Å². The summed E-state index contributed by atoms with van der Waals surface area (Å²) in [6.45, 7) is 0. The topological polar surface area (TPSA) is 81.7 Å². The van der Waals surface area contributed by atoms with E-state index in [1.165, 1.54) is 6.07 Å². The van der Waals surface area contributed by atoms with Gasteiger partial charge in [0.15, 0.2) is 14.7 Å². The zero-order chi connectivity index (χ0) is 10.5. The van der Waals surface area contributed by atoms with Gasteiger partial charge in [0.05, 0.1) is 16.1 Å². The molecule has 0 saturated carbocycles. The summed E-state index contributed by atoms with van der Waals surface area (Å²) in [6, 6.07) is 3.34. The number of rotatable bonds is 3. The van der Waals surface area contributed by atoms with Crippen LogP contribution in [0.25, 0.3) is 0 Å². The fourth-order valence-electron chi connectivity index (χ4n) is 0.456. The number of hydrogen-bond acceptors (Lipinski definition) is 6. The summed E-state index contributed by atoms with van der Waals surface area (Å²) in [5.41, 5.74) is 0. The normalized spacial score (nSPS) is 11.7. The maximum Gasteiger partial charge on any atom is 1.00 e. The third kappa shape index (κ3) is 6.48. The minimum absolute atomic E-state index is 0. The van der Waals surface area contributed by atoms with Gasteiger partial charge in [-0.05, 0) is 0 Å². The van der Waals surface area contributed by atoms with Crippen molar-refractivity contribution in [1.82, 2.24) is 0 Å². The largest absolute Gasteiger partial charge is 1.00 e. The molecule has 0 aliphatic rings. The van der Waals surface area contributed by atoms with Gasteiger partial charge in [0.25, 0.3) is 0 Å². The van der Waals surface area contributed by atoms with Crippen LogP contribution in [-0.2, 0) is 9.84 Å². The minimum Gasteiger partial charge on any atom is -1.00 e. The van der Waals surface area contributed by atoms with E-state index >= 15 is 0 Å². The first-order valence-electron chi connectivity index (χ1n) is 2.96. The smallest absolute Gasteiger partial charge is 1.00 e. The Balaban J connectivity index is -0.000000720. The van der Waals surface area contributed by atoms with Crippen molar-refractivity contribution in [3.8, 4) is 12.1 Å². The van der Waals surface area contributed by atoms with Crippen LogP contribution >= 0.6 is 24.4 Å². The van der Waals surface area contributed by atoms with Gasteiger partial charge in [-0.2, -0.15) is 10.5 Å². The summed E-state index contributed by atoms with van der Waals surface area (Å²) >= 11 is 4.74. The van der Waals surface area contributed by atoms with Gasteiger partial charge in [0.1, 0.15) is 6.07 Å². The summed E-state index contributed by atoms with van der Waals surface area (Å²) in [5, 5.41) is 16.7. The summed E-state index contributed by atoms with van der Waals surface area (Å²) < 4.78 is 21.9. The molecule has 0 amide bonds. The first-order chi connectivity index (χ1) is 5.93. The number of allylic oxidation sites excluding steroid dienone is 1. The minimum atomic E-state index is -3.53. The second-order valence-electron chi connectivity index (χ2n) is 1.97. The Bertz CT molecular complexity index is 407. The maximum absolute atomic E-state index is 10.9. The molecule has 72 valence electrons. The van der Waals surface area contributed by atoms with E-state index in [1.807, 2.05) is 0 Å². The summed E-state index contributed by atoms with van der Waals surface area (Å²) in [6.07, 6.45) is 0.925. The molecule has 0 unspecified atom stereocenters. The maximum atomic E-state index is 10.9. The number of hydrogen-bond donors (Lipinski definition) is 1. The van der Waals surface area contributed by atoms with Crippen molar-refractivity contribution in [3.63, 3.8) is 0 Å². The van der Waals surface area contributed by atoms with Gasteiger partial charge in [-0.25, -0.2) is 8.42 Å². The molecule has 0 aromatic heterocycles. The van der Waals surface area contributed by atoms with Crippen molar-refractivity contribution in [2.75, 3.05) is 12.0 Å². The first-order valence-corrected chi connectivity index (χ1v) is 6.29. The predicted molar refractivity (Wildman–Crippen MR) is 55.7 cm³/mol. The number of sulfone groups is 1. The third-order valence-corrected chi connectivity index (χ3v) is 3.62. The van der Waals surface area contributed by atoms with Crippen molar-refractivity contribution in [2.24, 2.45) is 0 Å². The van der Waals surface area contributed by atoms with Crippen LogP contribution in [0.1, 0.15) is 1.43 Å². The SMILES string of the molecule is CS(=O)(=O)/C(C#N)=C(/S)SCC#N.[H-].[K+]. The van der Waals surface area contributed by atoms with Gasteiger partial charge >= 0.3 is 51.4 Å². The molecule has 0 fully saturated rings. The van der Waals surface area contributed by atoms with Crippen LogP contribution in [0.15, 0.2) is 9.14 Å². The molecule has 0 N–H and O–H groups in total. The van der Waals surface area contributed by atoms with Crippen LogP contribution in [0.3, 0.4) is 0 Å². The van der Waals surface area contributed by atoms with Crippen molar-refractivity contribution in [1.29, 1.82) is 10.5 Å². The molecule has 0 aromatic rings. The summed E-state index contributed by atoms with van der Waals surface area (Å²) in [5.74, 6) is 0.0690. The van der Waals surface area contributed by atoms with E-state index in [9.17, 15) is 8.42 Å². The van der Waals surface area contributed by atoms with Gasteiger partial charge in [-0.15, -0.1) is 24.4 Å². The number of thioether (sulfide) groups is 1. The number of nitriles is 2. The van der Waals surface area contributed by atoms with Gasteiger partial charge in [0, 0.05) is 6.26 Å². The van der Waals surface area contributed by atoms with Crippen LogP contribution in [0.2, 0.25) is 0 Å². The zero-order valence-electron chi connectivity index (χ0n) is 8.68. The van der Waals surface area contributed by atoms with Crippen molar-refractivity contribution < 1.29 is 61.2 Å². The van der Waals surface area contributed by atoms with Crippen molar-refractivity contribution in [3.05, 3.63) is 9.14 Å². The van der Waals surface area contributed by atoms with Gasteiger partial charge in [0.2, 0.25) is 0 Å². The van der Waals surface area contributed by atoms with Crippen LogP contribution < -0.4 is 51.4 Å². The monoisotopic (exact) mass is 274 g/mol. The van der Waals surface area contributed by atoms with Crippen molar-refractivity contribution >= 4 is 34.2 Å². The first kappa shape index (κ1) is 17.4. The molecule has 0 bridgehead atoms. The van der Waals surface area contributed by atoms with Crippen LogP contribution in [0.4, 0.5) is 0 Å². The molecule has 0 rings (SSSR count). The fraction of sp³-hybridized carbons (Fsp3) is 0.333. The van der Waals surface area contributed by atoms with Crippen molar-refractivity contribution in [2.45, 2.75) is 0 Å². The molecule has 8 heteroatoms. The molecule has 0 spiro atoms. The Morgan fingerprint density at radius 3 is 2.36 bits per heavy atom. The molecule has 0 atom stereocenters. The fourth-order valence-corrected chi connectivity index (χ4v) is 2.69. The Hall–Kier alpha value is 1.01. The molecule has 0 heterocycles. The van der Waals surface area contributed by atoms with E-state index in [0.29, 0.717) is 0 Å². The summed E-state index contributed by atoms with van der Waals surface area (Å²) in [7, 11) is -3.53. The quantitative estimate of drug-likeness (QED) is 0.367. The van der Waals surface area contributed by atoms with E-state index in [1.54, 1.807) is 6.07 Å². The van der Waals surface area contributed by atoms with Gasteiger partial charge < -0.3 is 1.43 Å². The molecular formula is C6H7KN2O2S3. The van der Waals surface area contributed by atoms with Crippen LogP contribution in [0.5, 0.6) is 0 Å². The Labute approximate surface area is 137 Å². The average molecular weight is 274 g/mol. The zero-order valence-corrected chi connectivity index (χ0v) is 13.3. The molecule has 0 radical (unpaired) electrons. The standard InChI is InChI=1S/C6H6N2O2S3.K.H/c1-13(9,10)5(4-8)6(11)12-3-2-7;;/h11H,3H2,1H3;;/q;+1;-1/b6-5-;;. The van der Waals surface area contributed by atoms with E-state index in [4.69, 9.17) is 10.5 Å².